The molecule has 5 heteroatoms. The smallest absolute Gasteiger partial charge is 0.201 e. The molecule has 1 heterocycles. The Kier molecular flexibility index (Phi) is 2.84. The minimum Gasteiger partial charge on any atom is -0.344 e. The second-order valence-corrected chi connectivity index (χ2v) is 5.82. The standard InChI is InChI=1S/C17H9BrN2O2/c18-14-13(17-19-5-6-20-17)15(21)11-7-9-3-1-2-4-10(9)8-12(11)16(14)22/h1-8H,(H,19,20). The maximum absolute atomic E-state index is 12.8. The normalized spacial score (nSPS) is 14.6. The van der Waals surface area contributed by atoms with Crippen LogP contribution in [0.15, 0.2) is 53.3 Å². The molecule has 0 unspecified atom stereocenters. The van der Waals surface area contributed by atoms with Gasteiger partial charge in [-0.05, 0) is 38.8 Å². The monoisotopic (exact) mass is 352 g/mol. The third-order valence-corrected chi connectivity index (χ3v) is 4.51. The Morgan fingerprint density at radius 3 is 2.18 bits per heavy atom. The molecule has 0 aliphatic heterocycles. The van der Waals surface area contributed by atoms with Crippen molar-refractivity contribution < 1.29 is 9.59 Å². The molecule has 2 aromatic carbocycles. The second-order valence-electron chi connectivity index (χ2n) is 5.03. The summed E-state index contributed by atoms with van der Waals surface area (Å²) in [6, 6.07) is 11.2. The van der Waals surface area contributed by atoms with Gasteiger partial charge in [0.15, 0.2) is 5.78 Å². The van der Waals surface area contributed by atoms with Gasteiger partial charge in [0, 0.05) is 23.5 Å². The van der Waals surface area contributed by atoms with E-state index in [1.165, 1.54) is 0 Å². The van der Waals surface area contributed by atoms with Crippen molar-refractivity contribution in [2.45, 2.75) is 0 Å². The lowest BCUT2D eigenvalue weighted by molar-refractivity contribution is 0.0999. The van der Waals surface area contributed by atoms with E-state index in [-0.39, 0.29) is 21.6 Å². The summed E-state index contributed by atoms with van der Waals surface area (Å²) in [6.45, 7) is 0. The molecular weight excluding hydrogens is 344 g/mol. The zero-order valence-corrected chi connectivity index (χ0v) is 12.8. The fourth-order valence-corrected chi connectivity index (χ4v) is 3.28. The Labute approximate surface area is 134 Å². The number of fused-ring (bicyclic) bond motifs is 2. The van der Waals surface area contributed by atoms with Crippen LogP contribution in [-0.4, -0.2) is 21.5 Å². The number of nitrogens with one attached hydrogen (secondary N) is 1. The van der Waals surface area contributed by atoms with E-state index in [0.717, 1.165) is 10.8 Å². The third-order valence-electron chi connectivity index (χ3n) is 3.76. The molecule has 4 rings (SSSR count). The zero-order chi connectivity index (χ0) is 15.3. The molecule has 0 radical (unpaired) electrons. The van der Waals surface area contributed by atoms with Crippen LogP contribution in [-0.2, 0) is 0 Å². The van der Waals surface area contributed by atoms with E-state index in [0.29, 0.717) is 17.0 Å². The molecule has 0 saturated heterocycles. The Morgan fingerprint density at radius 2 is 1.59 bits per heavy atom. The van der Waals surface area contributed by atoms with Gasteiger partial charge in [-0.25, -0.2) is 4.98 Å². The van der Waals surface area contributed by atoms with Crippen LogP contribution < -0.4 is 0 Å². The Morgan fingerprint density at radius 1 is 0.955 bits per heavy atom. The van der Waals surface area contributed by atoms with Gasteiger partial charge in [-0.3, -0.25) is 9.59 Å². The number of hydrogen-bond donors (Lipinski definition) is 1. The molecule has 0 atom stereocenters. The highest BCUT2D eigenvalue weighted by molar-refractivity contribution is 9.12. The van der Waals surface area contributed by atoms with E-state index in [9.17, 15) is 9.59 Å². The molecule has 3 aromatic rings. The van der Waals surface area contributed by atoms with Crippen LogP contribution in [0.2, 0.25) is 0 Å². The van der Waals surface area contributed by atoms with Gasteiger partial charge in [-0.2, -0.15) is 0 Å². The number of aromatic amines is 1. The summed E-state index contributed by atoms with van der Waals surface area (Å²) in [6.07, 6.45) is 3.17. The lowest BCUT2D eigenvalue weighted by Gasteiger charge is -2.17. The largest absolute Gasteiger partial charge is 0.344 e. The highest BCUT2D eigenvalue weighted by atomic mass is 79.9. The number of aromatic nitrogens is 2. The summed E-state index contributed by atoms with van der Waals surface area (Å²) in [7, 11) is 0. The quantitative estimate of drug-likeness (QED) is 0.725. The first-order valence-corrected chi connectivity index (χ1v) is 7.48. The predicted octanol–water partition coefficient (Wildman–Crippen LogP) is 3.75. The van der Waals surface area contributed by atoms with E-state index in [1.54, 1.807) is 24.5 Å². The van der Waals surface area contributed by atoms with Gasteiger partial charge in [0.05, 0.1) is 10.1 Å². The van der Waals surface area contributed by atoms with E-state index >= 15 is 0 Å². The van der Waals surface area contributed by atoms with Gasteiger partial charge in [-0.1, -0.05) is 24.3 Å². The first-order valence-electron chi connectivity index (χ1n) is 6.68. The molecule has 0 saturated carbocycles. The SMILES string of the molecule is O=C1C(Br)=C(c2ncc[nH]2)C(=O)c2cc3ccccc3cc21. The Bertz CT molecular complexity index is 971. The minimum absolute atomic E-state index is 0.202. The molecule has 0 amide bonds. The molecule has 0 fully saturated rings. The molecule has 1 N–H and O–H groups in total. The Hall–Kier alpha value is -2.53. The number of allylic oxidation sites excluding steroid dienone is 2. The average molecular weight is 353 g/mol. The van der Waals surface area contributed by atoms with Crippen LogP contribution >= 0.6 is 15.9 Å². The van der Waals surface area contributed by atoms with Crippen molar-refractivity contribution in [2.75, 3.05) is 0 Å². The summed E-state index contributed by atoms with van der Waals surface area (Å²) >= 11 is 3.27. The molecule has 22 heavy (non-hydrogen) atoms. The minimum atomic E-state index is -0.206. The van der Waals surface area contributed by atoms with Crippen molar-refractivity contribution in [3.05, 3.63) is 70.2 Å². The summed E-state index contributed by atoms with van der Waals surface area (Å²) in [4.78, 5) is 32.4. The molecule has 4 nitrogen and oxygen atoms in total. The van der Waals surface area contributed by atoms with Gasteiger partial charge in [0.25, 0.3) is 0 Å². The number of carbonyl (C=O) groups excluding carboxylic acids is 2. The summed E-state index contributed by atoms with van der Waals surface area (Å²) in [5.74, 6) is -0.0158. The number of rotatable bonds is 1. The fourth-order valence-electron chi connectivity index (χ4n) is 2.70. The van der Waals surface area contributed by atoms with Crippen molar-refractivity contribution in [1.29, 1.82) is 0 Å². The highest BCUT2D eigenvalue weighted by Gasteiger charge is 2.33. The molecule has 1 aliphatic rings. The van der Waals surface area contributed by atoms with Gasteiger partial charge >= 0.3 is 0 Å². The number of imidazole rings is 1. The van der Waals surface area contributed by atoms with Crippen LogP contribution in [0.5, 0.6) is 0 Å². The first kappa shape index (κ1) is 13.2. The maximum Gasteiger partial charge on any atom is 0.201 e. The van der Waals surface area contributed by atoms with Crippen LogP contribution in [0.1, 0.15) is 26.5 Å². The number of ketones is 2. The fraction of sp³-hybridized carbons (Fsp3) is 0. The van der Waals surface area contributed by atoms with E-state index in [1.807, 2.05) is 24.3 Å². The van der Waals surface area contributed by atoms with Crippen molar-refractivity contribution in [3.8, 4) is 0 Å². The third kappa shape index (κ3) is 1.79. The maximum atomic E-state index is 12.8. The van der Waals surface area contributed by atoms with Crippen LogP contribution in [0.4, 0.5) is 0 Å². The number of halogens is 1. The molecule has 1 aliphatic carbocycles. The van der Waals surface area contributed by atoms with Crippen molar-refractivity contribution in [3.63, 3.8) is 0 Å². The van der Waals surface area contributed by atoms with E-state index < -0.39 is 0 Å². The summed E-state index contributed by atoms with van der Waals surface area (Å²) < 4.78 is 0.246. The summed E-state index contributed by atoms with van der Waals surface area (Å²) in [5.41, 5.74) is 1.11. The predicted molar refractivity (Wildman–Crippen MR) is 87.0 cm³/mol. The number of nitrogens with zero attached hydrogens (tertiary/aromatic N) is 1. The van der Waals surface area contributed by atoms with Crippen molar-refractivity contribution >= 4 is 43.8 Å². The number of H-pyrrole nitrogens is 1. The van der Waals surface area contributed by atoms with Crippen LogP contribution in [0, 0.1) is 0 Å². The molecular formula is C17H9BrN2O2. The topological polar surface area (TPSA) is 62.8 Å². The van der Waals surface area contributed by atoms with Crippen LogP contribution in [0.25, 0.3) is 16.3 Å². The second kappa shape index (κ2) is 4.74. The molecule has 0 bridgehead atoms. The highest BCUT2D eigenvalue weighted by Crippen LogP contribution is 2.35. The Balaban J connectivity index is 2.01. The number of hydrogen-bond acceptors (Lipinski definition) is 3. The van der Waals surface area contributed by atoms with Crippen molar-refractivity contribution in [1.82, 2.24) is 9.97 Å². The zero-order valence-electron chi connectivity index (χ0n) is 11.3. The van der Waals surface area contributed by atoms with Gasteiger partial charge < -0.3 is 4.98 Å². The first-order chi connectivity index (χ1) is 10.7. The average Bonchev–Trinajstić information content (AvgIpc) is 3.06. The molecule has 106 valence electrons. The number of carbonyl (C=O) groups is 2. The number of Topliss-reactive ketones (excluding diaryl/α,β-unsaturated/α-hetero) is 2. The number of benzene rings is 2. The molecule has 0 spiro atoms. The summed E-state index contributed by atoms with van der Waals surface area (Å²) in [5, 5.41) is 1.86. The van der Waals surface area contributed by atoms with Crippen LogP contribution in [0.3, 0.4) is 0 Å². The van der Waals surface area contributed by atoms with E-state index in [4.69, 9.17) is 0 Å². The lowest BCUT2D eigenvalue weighted by Crippen LogP contribution is -2.19. The van der Waals surface area contributed by atoms with Gasteiger partial charge in [0.1, 0.15) is 5.82 Å². The van der Waals surface area contributed by atoms with E-state index in [2.05, 4.69) is 25.9 Å². The van der Waals surface area contributed by atoms with Gasteiger partial charge in [-0.15, -0.1) is 0 Å². The van der Waals surface area contributed by atoms with Gasteiger partial charge in [0.2, 0.25) is 5.78 Å². The van der Waals surface area contributed by atoms with Crippen molar-refractivity contribution in [2.24, 2.45) is 0 Å². The molecule has 1 aromatic heterocycles. The lowest BCUT2D eigenvalue weighted by atomic mass is 9.87.